The highest BCUT2D eigenvalue weighted by molar-refractivity contribution is 5.42. The molecule has 7 nitrogen and oxygen atoms in total. The van der Waals surface area contributed by atoms with Crippen molar-refractivity contribution in [3.8, 4) is 17.7 Å². The first-order valence-electron chi connectivity index (χ1n) is 5.26. The van der Waals surface area contributed by atoms with Gasteiger partial charge < -0.3 is 14.9 Å². The summed E-state index contributed by atoms with van der Waals surface area (Å²) in [6.45, 7) is 1.65. The molecule has 0 radical (unpaired) electrons. The fourth-order valence-electron chi connectivity index (χ4n) is 1.36. The Hall–Kier alpha value is -3.01. The van der Waals surface area contributed by atoms with E-state index >= 15 is 0 Å². The number of hydrogen-bond acceptors (Lipinski definition) is 6. The summed E-state index contributed by atoms with van der Waals surface area (Å²) in [5.74, 6) is -0.202. The van der Waals surface area contributed by atoms with Crippen molar-refractivity contribution < 1.29 is 9.66 Å². The largest absolute Gasteiger partial charge is 0.430 e. The van der Waals surface area contributed by atoms with Crippen LogP contribution in [0.3, 0.4) is 0 Å². The van der Waals surface area contributed by atoms with E-state index in [-0.39, 0.29) is 17.4 Å². The van der Waals surface area contributed by atoms with Gasteiger partial charge in [-0.15, -0.1) is 0 Å². The quantitative estimate of drug-likeness (QED) is 0.617. The molecule has 0 bridgehead atoms. The predicted octanol–water partition coefficient (Wildman–Crippen LogP) is 2.36. The number of aromatic nitrogens is 2. The van der Waals surface area contributed by atoms with Crippen LogP contribution in [0.5, 0.6) is 11.6 Å². The van der Waals surface area contributed by atoms with Crippen molar-refractivity contribution in [1.82, 2.24) is 9.97 Å². The molecule has 0 atom stereocenters. The van der Waals surface area contributed by atoms with E-state index in [9.17, 15) is 10.1 Å². The first-order chi connectivity index (χ1) is 9.10. The summed E-state index contributed by atoms with van der Waals surface area (Å²) in [7, 11) is 0. The highest BCUT2D eigenvalue weighted by Crippen LogP contribution is 2.28. The average Bonchev–Trinajstić information content (AvgIpc) is 2.41. The molecule has 2 heterocycles. The maximum absolute atomic E-state index is 10.9. The number of nitrogens with zero attached hydrogens (tertiary/aromatic N) is 4. The van der Waals surface area contributed by atoms with Gasteiger partial charge in [-0.2, -0.15) is 5.26 Å². The first kappa shape index (κ1) is 12.4. The zero-order chi connectivity index (χ0) is 13.8. The number of aryl methyl sites for hydroxylation is 1. The van der Waals surface area contributed by atoms with Crippen LogP contribution in [0.1, 0.15) is 11.3 Å². The van der Waals surface area contributed by atoms with Crippen LogP contribution < -0.4 is 4.74 Å². The first-order valence-corrected chi connectivity index (χ1v) is 5.26. The fraction of sp³-hybridized carbons (Fsp3) is 0.0833. The second-order valence-corrected chi connectivity index (χ2v) is 3.63. The third-order valence-corrected chi connectivity index (χ3v) is 2.23. The Balaban J connectivity index is 2.32. The standard InChI is InChI=1S/C12H8N4O3/c1-8-2-4-10(12(15-8)16(17)18)19-11-5-3-9(6-13)7-14-11/h2-5,7H,1H3. The molecule has 0 aliphatic carbocycles. The highest BCUT2D eigenvalue weighted by atomic mass is 16.6. The zero-order valence-electron chi connectivity index (χ0n) is 9.90. The van der Waals surface area contributed by atoms with E-state index in [1.165, 1.54) is 24.4 Å². The molecule has 0 aromatic carbocycles. The van der Waals surface area contributed by atoms with Crippen LogP contribution in [0.25, 0.3) is 0 Å². The summed E-state index contributed by atoms with van der Waals surface area (Å²) in [5, 5.41) is 19.5. The molecule has 0 unspecified atom stereocenters. The highest BCUT2D eigenvalue weighted by Gasteiger charge is 2.18. The minimum Gasteiger partial charge on any atom is -0.430 e. The molecule has 0 aliphatic rings. The molecule has 0 amide bonds. The third-order valence-electron chi connectivity index (χ3n) is 2.23. The Labute approximate surface area is 108 Å². The van der Waals surface area contributed by atoms with Crippen LogP contribution in [-0.2, 0) is 0 Å². The second kappa shape index (κ2) is 5.10. The van der Waals surface area contributed by atoms with Gasteiger partial charge in [-0.25, -0.2) is 4.98 Å². The van der Waals surface area contributed by atoms with Crippen LogP contribution in [0.4, 0.5) is 5.82 Å². The molecular formula is C12H8N4O3. The lowest BCUT2D eigenvalue weighted by Crippen LogP contribution is -1.98. The molecule has 19 heavy (non-hydrogen) atoms. The van der Waals surface area contributed by atoms with E-state index in [2.05, 4.69) is 9.97 Å². The fourth-order valence-corrected chi connectivity index (χ4v) is 1.36. The van der Waals surface area contributed by atoms with Gasteiger partial charge in [-0.3, -0.25) is 0 Å². The molecule has 2 aromatic rings. The minimum atomic E-state index is -0.619. The smallest absolute Gasteiger partial charge is 0.407 e. The summed E-state index contributed by atoms with van der Waals surface area (Å²) in [5.41, 5.74) is 0.899. The van der Waals surface area contributed by atoms with Crippen molar-refractivity contribution in [3.63, 3.8) is 0 Å². The molecule has 94 valence electrons. The van der Waals surface area contributed by atoms with Gasteiger partial charge in [0.25, 0.3) is 0 Å². The molecule has 2 aromatic heterocycles. The maximum Gasteiger partial charge on any atom is 0.407 e. The molecule has 0 saturated heterocycles. The lowest BCUT2D eigenvalue weighted by Gasteiger charge is -2.04. The molecule has 0 aliphatic heterocycles. The number of ether oxygens (including phenoxy) is 1. The van der Waals surface area contributed by atoms with Crippen molar-refractivity contribution in [3.05, 3.63) is 51.8 Å². The predicted molar refractivity (Wildman–Crippen MR) is 64.7 cm³/mol. The van der Waals surface area contributed by atoms with Gasteiger partial charge in [-0.05, 0) is 28.1 Å². The molecular weight excluding hydrogens is 248 g/mol. The number of pyridine rings is 2. The average molecular weight is 256 g/mol. The third kappa shape index (κ3) is 2.81. The van der Waals surface area contributed by atoms with E-state index in [0.29, 0.717) is 11.3 Å². The van der Waals surface area contributed by atoms with E-state index in [4.69, 9.17) is 10.00 Å². The maximum atomic E-state index is 10.9. The Morgan fingerprint density at radius 3 is 2.74 bits per heavy atom. The van der Waals surface area contributed by atoms with Gasteiger partial charge in [0.2, 0.25) is 11.6 Å². The number of nitro groups is 1. The Morgan fingerprint density at radius 2 is 2.16 bits per heavy atom. The van der Waals surface area contributed by atoms with E-state index < -0.39 is 4.92 Å². The SMILES string of the molecule is Cc1ccc(Oc2ccc(C#N)cn2)c([N+](=O)[O-])n1. The lowest BCUT2D eigenvalue weighted by atomic mass is 10.3. The molecule has 0 saturated carbocycles. The Kier molecular flexibility index (Phi) is 3.34. The van der Waals surface area contributed by atoms with Gasteiger partial charge in [0.15, 0.2) is 0 Å². The van der Waals surface area contributed by atoms with Gasteiger partial charge in [-0.1, -0.05) is 0 Å². The zero-order valence-corrected chi connectivity index (χ0v) is 9.90. The van der Waals surface area contributed by atoms with Crippen LogP contribution in [0.15, 0.2) is 30.5 Å². The topological polar surface area (TPSA) is 102 Å². The van der Waals surface area contributed by atoms with Crippen LogP contribution in [0, 0.1) is 28.4 Å². The number of hydrogen-bond donors (Lipinski definition) is 0. The Bertz CT molecular complexity index is 662. The van der Waals surface area contributed by atoms with Crippen LogP contribution in [0.2, 0.25) is 0 Å². The number of rotatable bonds is 3. The minimum absolute atomic E-state index is 0.00723. The van der Waals surface area contributed by atoms with E-state index in [1.807, 2.05) is 6.07 Å². The van der Waals surface area contributed by atoms with Crippen molar-refractivity contribution in [1.29, 1.82) is 5.26 Å². The summed E-state index contributed by atoms with van der Waals surface area (Å²) in [6, 6.07) is 7.95. The monoisotopic (exact) mass is 256 g/mol. The van der Waals surface area contributed by atoms with Crippen molar-refractivity contribution in [2.24, 2.45) is 0 Å². The molecule has 0 N–H and O–H groups in total. The van der Waals surface area contributed by atoms with Gasteiger partial charge in [0.05, 0.1) is 5.56 Å². The van der Waals surface area contributed by atoms with Crippen molar-refractivity contribution in [2.45, 2.75) is 6.92 Å². The van der Waals surface area contributed by atoms with Gasteiger partial charge in [0, 0.05) is 19.2 Å². The van der Waals surface area contributed by atoms with Crippen molar-refractivity contribution in [2.75, 3.05) is 0 Å². The molecule has 7 heteroatoms. The van der Waals surface area contributed by atoms with Gasteiger partial charge in [0.1, 0.15) is 11.8 Å². The molecule has 2 rings (SSSR count). The summed E-state index contributed by atoms with van der Waals surface area (Å²) in [6.07, 6.45) is 1.32. The lowest BCUT2D eigenvalue weighted by molar-refractivity contribution is -0.390. The van der Waals surface area contributed by atoms with E-state index in [0.717, 1.165) is 0 Å². The van der Waals surface area contributed by atoms with Crippen LogP contribution >= 0.6 is 0 Å². The normalized spacial score (nSPS) is 9.68. The summed E-state index contributed by atoms with van der Waals surface area (Å²) in [4.78, 5) is 17.9. The van der Waals surface area contributed by atoms with Crippen LogP contribution in [-0.4, -0.2) is 14.9 Å². The summed E-state index contributed by atoms with van der Waals surface area (Å²) < 4.78 is 5.30. The Morgan fingerprint density at radius 1 is 1.37 bits per heavy atom. The van der Waals surface area contributed by atoms with Gasteiger partial charge >= 0.3 is 5.82 Å². The van der Waals surface area contributed by atoms with E-state index in [1.54, 1.807) is 13.0 Å². The second-order valence-electron chi connectivity index (χ2n) is 3.63. The molecule has 0 spiro atoms. The summed E-state index contributed by atoms with van der Waals surface area (Å²) >= 11 is 0. The number of nitriles is 1. The molecule has 0 fully saturated rings. The van der Waals surface area contributed by atoms with Crippen molar-refractivity contribution >= 4 is 5.82 Å².